The molecule has 2 aromatic heterocycles. The van der Waals surface area contributed by atoms with Crippen LogP contribution in [0.15, 0.2) is 59.3 Å². The molecule has 4 rings (SSSR count). The van der Waals surface area contributed by atoms with E-state index in [2.05, 4.69) is 42.2 Å². The number of benzene rings is 2. The van der Waals surface area contributed by atoms with E-state index in [1.807, 2.05) is 24.0 Å². The lowest BCUT2D eigenvalue weighted by Gasteiger charge is -2.23. The Bertz CT molecular complexity index is 1180. The highest BCUT2D eigenvalue weighted by Crippen LogP contribution is 2.36. The van der Waals surface area contributed by atoms with Crippen LogP contribution in [0.4, 0.5) is 0 Å². The Morgan fingerprint density at radius 3 is 2.67 bits per heavy atom. The van der Waals surface area contributed by atoms with Crippen molar-refractivity contribution >= 4 is 27.8 Å². The minimum atomic E-state index is 0.154. The van der Waals surface area contributed by atoms with Crippen LogP contribution < -0.4 is 4.74 Å². The average Bonchev–Trinajstić information content (AvgIpc) is 3.17. The number of amides is 1. The first-order valence-corrected chi connectivity index (χ1v) is 10.3. The Morgan fingerprint density at radius 1 is 1.13 bits per heavy atom. The van der Waals surface area contributed by atoms with Gasteiger partial charge in [-0.2, -0.15) is 0 Å². The molecule has 2 heterocycles. The number of aryl methyl sites for hydroxylation is 1. The zero-order valence-corrected chi connectivity index (χ0v) is 17.6. The van der Waals surface area contributed by atoms with Crippen LogP contribution in [-0.4, -0.2) is 29.4 Å². The van der Waals surface area contributed by atoms with Gasteiger partial charge in [-0.25, -0.2) is 0 Å². The molecule has 0 radical (unpaired) electrons. The van der Waals surface area contributed by atoms with Crippen molar-refractivity contribution in [3.05, 3.63) is 71.5 Å². The second kappa shape index (κ2) is 8.57. The SMILES string of the molecule is CCC(=O)N(CCc1ccc(OC)c2oc3cnccc3c12)Cc1ccc(C)cc1. The summed E-state index contributed by atoms with van der Waals surface area (Å²) in [5.74, 6) is 0.854. The molecule has 5 heteroatoms. The van der Waals surface area contributed by atoms with E-state index in [-0.39, 0.29) is 5.91 Å². The molecule has 0 atom stereocenters. The van der Waals surface area contributed by atoms with Crippen molar-refractivity contribution in [1.29, 1.82) is 0 Å². The van der Waals surface area contributed by atoms with E-state index >= 15 is 0 Å². The molecule has 2 aromatic carbocycles. The molecule has 0 unspecified atom stereocenters. The summed E-state index contributed by atoms with van der Waals surface area (Å²) < 4.78 is 11.5. The van der Waals surface area contributed by atoms with Gasteiger partial charge in [-0.3, -0.25) is 9.78 Å². The number of rotatable bonds is 7. The van der Waals surface area contributed by atoms with Crippen LogP contribution in [-0.2, 0) is 17.8 Å². The fraction of sp³-hybridized carbons (Fsp3) is 0.280. The molecular weight excluding hydrogens is 376 g/mol. The van der Waals surface area contributed by atoms with Gasteiger partial charge < -0.3 is 14.1 Å². The second-order valence-electron chi connectivity index (χ2n) is 7.51. The van der Waals surface area contributed by atoms with Crippen molar-refractivity contribution in [3.63, 3.8) is 0 Å². The molecule has 0 aliphatic carbocycles. The maximum absolute atomic E-state index is 12.6. The molecule has 0 saturated heterocycles. The van der Waals surface area contributed by atoms with Gasteiger partial charge in [0.15, 0.2) is 16.9 Å². The normalized spacial score (nSPS) is 11.2. The van der Waals surface area contributed by atoms with Crippen molar-refractivity contribution in [2.45, 2.75) is 33.2 Å². The Labute approximate surface area is 176 Å². The first-order valence-electron chi connectivity index (χ1n) is 10.3. The fourth-order valence-electron chi connectivity index (χ4n) is 3.83. The van der Waals surface area contributed by atoms with Crippen LogP contribution in [0.1, 0.15) is 30.0 Å². The third-order valence-corrected chi connectivity index (χ3v) is 5.49. The van der Waals surface area contributed by atoms with Crippen LogP contribution in [0.25, 0.3) is 21.9 Å². The molecule has 4 aromatic rings. The topological polar surface area (TPSA) is 55.6 Å². The van der Waals surface area contributed by atoms with Gasteiger partial charge in [0.2, 0.25) is 5.91 Å². The Balaban J connectivity index is 1.65. The lowest BCUT2D eigenvalue weighted by molar-refractivity contribution is -0.131. The summed E-state index contributed by atoms with van der Waals surface area (Å²) in [5.41, 5.74) is 4.95. The highest BCUT2D eigenvalue weighted by atomic mass is 16.5. The minimum absolute atomic E-state index is 0.154. The van der Waals surface area contributed by atoms with Crippen molar-refractivity contribution in [3.8, 4) is 5.75 Å². The van der Waals surface area contributed by atoms with Crippen molar-refractivity contribution in [1.82, 2.24) is 9.88 Å². The number of ether oxygens (including phenoxy) is 1. The third-order valence-electron chi connectivity index (χ3n) is 5.49. The second-order valence-corrected chi connectivity index (χ2v) is 7.51. The lowest BCUT2D eigenvalue weighted by atomic mass is 10.0. The fourth-order valence-corrected chi connectivity index (χ4v) is 3.83. The van der Waals surface area contributed by atoms with Gasteiger partial charge in [0.1, 0.15) is 0 Å². The molecule has 0 saturated carbocycles. The summed E-state index contributed by atoms with van der Waals surface area (Å²) in [4.78, 5) is 18.7. The molecule has 0 bridgehead atoms. The first kappa shape index (κ1) is 20.0. The van der Waals surface area contributed by atoms with Gasteiger partial charge in [-0.15, -0.1) is 0 Å². The Morgan fingerprint density at radius 2 is 1.93 bits per heavy atom. The highest BCUT2D eigenvalue weighted by Gasteiger charge is 2.18. The quantitative estimate of drug-likeness (QED) is 0.422. The standard InChI is InChI=1S/C25H26N2O3/c1-4-23(28)27(16-18-7-5-17(2)6-8-18)14-12-19-9-10-21(29-3)25-24(19)20-11-13-26-15-22(20)30-25/h5-11,13,15H,4,12,14,16H2,1-3H3. The molecular formula is C25H26N2O3. The average molecular weight is 402 g/mol. The van der Waals surface area contributed by atoms with Crippen molar-refractivity contribution < 1.29 is 13.9 Å². The molecule has 30 heavy (non-hydrogen) atoms. The Kier molecular flexibility index (Phi) is 5.70. The number of carbonyl (C=O) groups is 1. The molecule has 0 fully saturated rings. The number of carbonyl (C=O) groups excluding carboxylic acids is 1. The van der Waals surface area contributed by atoms with Crippen LogP contribution in [0, 0.1) is 6.92 Å². The number of pyridine rings is 1. The number of furan rings is 1. The van der Waals surface area contributed by atoms with Gasteiger partial charge in [-0.1, -0.05) is 42.8 Å². The number of fused-ring (bicyclic) bond motifs is 3. The van der Waals surface area contributed by atoms with E-state index in [1.54, 1.807) is 19.5 Å². The van der Waals surface area contributed by atoms with E-state index in [0.29, 0.717) is 25.3 Å². The molecule has 5 nitrogen and oxygen atoms in total. The molecule has 0 N–H and O–H groups in total. The largest absolute Gasteiger partial charge is 0.493 e. The van der Waals surface area contributed by atoms with Crippen molar-refractivity contribution in [2.24, 2.45) is 0 Å². The van der Waals surface area contributed by atoms with Crippen LogP contribution >= 0.6 is 0 Å². The van der Waals surface area contributed by atoms with E-state index in [1.165, 1.54) is 5.56 Å². The predicted octanol–water partition coefficient (Wildman–Crippen LogP) is 5.28. The Hall–Kier alpha value is -3.34. The third kappa shape index (κ3) is 3.88. The number of aromatic nitrogens is 1. The smallest absolute Gasteiger partial charge is 0.222 e. The number of methoxy groups -OCH3 is 1. The summed E-state index contributed by atoms with van der Waals surface area (Å²) in [5, 5.41) is 2.05. The first-order chi connectivity index (χ1) is 14.6. The molecule has 0 aliphatic rings. The summed E-state index contributed by atoms with van der Waals surface area (Å²) in [6.07, 6.45) is 4.72. The maximum atomic E-state index is 12.6. The number of hydrogen-bond donors (Lipinski definition) is 0. The monoisotopic (exact) mass is 402 g/mol. The zero-order chi connectivity index (χ0) is 21.1. The van der Waals surface area contributed by atoms with Crippen LogP contribution in [0.3, 0.4) is 0 Å². The van der Waals surface area contributed by atoms with E-state index in [0.717, 1.165) is 39.5 Å². The summed E-state index contributed by atoms with van der Waals surface area (Å²) >= 11 is 0. The molecule has 0 spiro atoms. The summed E-state index contributed by atoms with van der Waals surface area (Å²) in [6, 6.07) is 14.3. The van der Waals surface area contributed by atoms with Gasteiger partial charge >= 0.3 is 0 Å². The van der Waals surface area contributed by atoms with E-state index in [9.17, 15) is 4.79 Å². The summed E-state index contributed by atoms with van der Waals surface area (Å²) in [7, 11) is 1.64. The molecule has 154 valence electrons. The molecule has 1 amide bonds. The van der Waals surface area contributed by atoms with E-state index in [4.69, 9.17) is 9.15 Å². The van der Waals surface area contributed by atoms with Gasteiger partial charge in [0, 0.05) is 36.5 Å². The number of nitrogens with zero attached hydrogens (tertiary/aromatic N) is 2. The lowest BCUT2D eigenvalue weighted by Crippen LogP contribution is -2.31. The minimum Gasteiger partial charge on any atom is -0.493 e. The van der Waals surface area contributed by atoms with E-state index < -0.39 is 0 Å². The predicted molar refractivity (Wildman–Crippen MR) is 119 cm³/mol. The van der Waals surface area contributed by atoms with Gasteiger partial charge in [-0.05, 0) is 36.6 Å². The number of hydrogen-bond acceptors (Lipinski definition) is 4. The van der Waals surface area contributed by atoms with Crippen LogP contribution in [0.5, 0.6) is 5.75 Å². The molecule has 0 aliphatic heterocycles. The maximum Gasteiger partial charge on any atom is 0.222 e. The van der Waals surface area contributed by atoms with Gasteiger partial charge in [0.25, 0.3) is 0 Å². The van der Waals surface area contributed by atoms with Crippen LogP contribution in [0.2, 0.25) is 0 Å². The van der Waals surface area contributed by atoms with Crippen molar-refractivity contribution in [2.75, 3.05) is 13.7 Å². The zero-order valence-electron chi connectivity index (χ0n) is 17.6. The highest BCUT2D eigenvalue weighted by molar-refractivity contribution is 6.08. The van der Waals surface area contributed by atoms with Gasteiger partial charge in [0.05, 0.1) is 13.3 Å². The summed E-state index contributed by atoms with van der Waals surface area (Å²) in [6.45, 7) is 5.23.